The molecule has 1 heteroatoms. The molecule has 0 atom stereocenters. The smallest absolute Gasteiger partial charge is 0.0851 e. The summed E-state index contributed by atoms with van der Waals surface area (Å²) in [5.74, 6) is 0.317. The first-order valence-electron chi connectivity index (χ1n) is 5.90. The van der Waals surface area contributed by atoms with Crippen LogP contribution < -0.4 is 0 Å². The van der Waals surface area contributed by atoms with Crippen molar-refractivity contribution in [2.45, 2.75) is 51.9 Å². The number of hydrogen-bond acceptors (Lipinski definition) is 1. The molecule has 1 nitrogen and oxygen atoms in total. The van der Waals surface area contributed by atoms with Crippen LogP contribution in [0.5, 0.6) is 0 Å². The van der Waals surface area contributed by atoms with E-state index in [1.54, 1.807) is 0 Å². The van der Waals surface area contributed by atoms with Crippen LogP contribution in [0.25, 0.3) is 0 Å². The van der Waals surface area contributed by atoms with Crippen molar-refractivity contribution in [3.8, 4) is 0 Å². The van der Waals surface area contributed by atoms with Gasteiger partial charge in [-0.1, -0.05) is 37.3 Å². The minimum atomic E-state index is 0.317. The summed E-state index contributed by atoms with van der Waals surface area (Å²) < 4.78 is 0. The van der Waals surface area contributed by atoms with Crippen molar-refractivity contribution in [3.05, 3.63) is 36.6 Å². The first-order chi connectivity index (χ1) is 7.27. The lowest BCUT2D eigenvalue weighted by Gasteiger charge is -1.97. The van der Waals surface area contributed by atoms with E-state index in [-0.39, 0.29) is 0 Å². The summed E-state index contributed by atoms with van der Waals surface area (Å²) in [5, 5.41) is 8.86. The molecule has 0 rings (SSSR count). The third-order valence-electron chi connectivity index (χ3n) is 2.24. The van der Waals surface area contributed by atoms with Gasteiger partial charge in [0.15, 0.2) is 0 Å². The third kappa shape index (κ3) is 13.0. The number of unbranched alkanes of at least 4 members (excludes halogenated alkanes) is 4. The first kappa shape index (κ1) is 14.0. The van der Waals surface area contributed by atoms with Crippen LogP contribution in [-0.4, -0.2) is 5.11 Å². The van der Waals surface area contributed by atoms with Gasteiger partial charge in [0.2, 0.25) is 0 Å². The van der Waals surface area contributed by atoms with Gasteiger partial charge in [-0.3, -0.25) is 0 Å². The molecule has 15 heavy (non-hydrogen) atoms. The van der Waals surface area contributed by atoms with Gasteiger partial charge in [-0.15, -0.1) is 0 Å². The van der Waals surface area contributed by atoms with E-state index in [1.165, 1.54) is 12.8 Å². The summed E-state index contributed by atoms with van der Waals surface area (Å²) in [7, 11) is 0. The summed E-state index contributed by atoms with van der Waals surface area (Å²) in [4.78, 5) is 0. The average molecular weight is 208 g/mol. The van der Waals surface area contributed by atoms with Gasteiger partial charge in [0.1, 0.15) is 0 Å². The zero-order valence-electron chi connectivity index (χ0n) is 9.91. The van der Waals surface area contributed by atoms with Crippen LogP contribution in [0.15, 0.2) is 36.6 Å². The predicted molar refractivity (Wildman–Crippen MR) is 68.0 cm³/mol. The molecule has 0 saturated heterocycles. The van der Waals surface area contributed by atoms with Crippen molar-refractivity contribution in [3.63, 3.8) is 0 Å². The number of aliphatic hydroxyl groups is 1. The van der Waals surface area contributed by atoms with E-state index in [9.17, 15) is 0 Å². The normalized spacial score (nSPS) is 11.5. The fourth-order valence-corrected chi connectivity index (χ4v) is 1.36. The van der Waals surface area contributed by atoms with Crippen molar-refractivity contribution in [1.29, 1.82) is 0 Å². The topological polar surface area (TPSA) is 20.2 Å². The largest absolute Gasteiger partial charge is 0.513 e. The van der Waals surface area contributed by atoms with Crippen LogP contribution in [0.3, 0.4) is 0 Å². The molecule has 0 aromatic carbocycles. The average Bonchev–Trinajstić information content (AvgIpc) is 2.20. The quantitative estimate of drug-likeness (QED) is 0.324. The van der Waals surface area contributed by atoms with Crippen molar-refractivity contribution < 1.29 is 5.11 Å². The van der Waals surface area contributed by atoms with Gasteiger partial charge in [0.25, 0.3) is 0 Å². The Morgan fingerprint density at radius 1 is 1.00 bits per heavy atom. The Labute approximate surface area is 94.2 Å². The van der Waals surface area contributed by atoms with Crippen LogP contribution in [0.4, 0.5) is 0 Å². The molecule has 0 aliphatic heterocycles. The molecule has 0 bridgehead atoms. The van der Waals surface area contributed by atoms with Gasteiger partial charge in [0.05, 0.1) is 5.76 Å². The minimum Gasteiger partial charge on any atom is -0.513 e. The monoisotopic (exact) mass is 208 g/mol. The highest BCUT2D eigenvalue weighted by Crippen LogP contribution is 2.07. The summed E-state index contributed by atoms with van der Waals surface area (Å²) in [5.41, 5.74) is 0. The highest BCUT2D eigenvalue weighted by Gasteiger charge is 1.90. The Kier molecular flexibility index (Phi) is 10.4. The highest BCUT2D eigenvalue weighted by molar-refractivity contribution is 4.86. The zero-order valence-corrected chi connectivity index (χ0v) is 9.91. The Balaban J connectivity index is 3.12. The van der Waals surface area contributed by atoms with Gasteiger partial charge in [-0.25, -0.2) is 0 Å². The lowest BCUT2D eigenvalue weighted by molar-refractivity contribution is 0.384. The van der Waals surface area contributed by atoms with E-state index in [1.807, 2.05) is 0 Å². The molecule has 0 heterocycles. The molecule has 1 N–H and O–H groups in total. The van der Waals surface area contributed by atoms with E-state index >= 15 is 0 Å². The highest BCUT2D eigenvalue weighted by atomic mass is 16.3. The molecule has 0 saturated carbocycles. The van der Waals surface area contributed by atoms with Crippen molar-refractivity contribution in [1.82, 2.24) is 0 Å². The van der Waals surface area contributed by atoms with E-state index in [4.69, 9.17) is 5.11 Å². The number of hydrogen-bond donors (Lipinski definition) is 1. The maximum absolute atomic E-state index is 8.86. The number of rotatable bonds is 9. The van der Waals surface area contributed by atoms with E-state index in [0.29, 0.717) is 5.76 Å². The fraction of sp³-hybridized carbons (Fsp3) is 0.571. The van der Waals surface area contributed by atoms with Crippen LogP contribution in [0, 0.1) is 0 Å². The molecule has 0 aromatic rings. The SMILES string of the molecule is C=C(O)CCCCCC=CCCC=CC. The van der Waals surface area contributed by atoms with Gasteiger partial charge in [-0.2, -0.15) is 0 Å². The van der Waals surface area contributed by atoms with Crippen LogP contribution >= 0.6 is 0 Å². The molecule has 0 amide bonds. The summed E-state index contributed by atoms with van der Waals surface area (Å²) in [6.07, 6.45) is 16.5. The number of aliphatic hydroxyl groups excluding tert-OH is 1. The molecule has 0 fully saturated rings. The maximum Gasteiger partial charge on any atom is 0.0851 e. The molecule has 0 aliphatic rings. The maximum atomic E-state index is 8.86. The Morgan fingerprint density at radius 2 is 1.67 bits per heavy atom. The van der Waals surface area contributed by atoms with Crippen molar-refractivity contribution in [2.75, 3.05) is 0 Å². The molecular formula is C14H24O. The summed E-state index contributed by atoms with van der Waals surface area (Å²) in [6.45, 7) is 5.52. The molecule has 86 valence electrons. The van der Waals surface area contributed by atoms with Gasteiger partial charge >= 0.3 is 0 Å². The Morgan fingerprint density at radius 3 is 2.33 bits per heavy atom. The molecule has 0 unspecified atom stereocenters. The fourth-order valence-electron chi connectivity index (χ4n) is 1.36. The van der Waals surface area contributed by atoms with E-state index in [0.717, 1.165) is 32.1 Å². The second-order valence-electron chi connectivity index (χ2n) is 3.78. The summed E-state index contributed by atoms with van der Waals surface area (Å²) in [6, 6.07) is 0. The molecule has 0 aliphatic carbocycles. The van der Waals surface area contributed by atoms with Crippen LogP contribution in [0.2, 0.25) is 0 Å². The second kappa shape index (κ2) is 11.1. The van der Waals surface area contributed by atoms with Crippen LogP contribution in [0.1, 0.15) is 51.9 Å². The van der Waals surface area contributed by atoms with E-state index < -0.39 is 0 Å². The lowest BCUT2D eigenvalue weighted by Crippen LogP contribution is -1.80. The number of allylic oxidation sites excluding steroid dienone is 5. The van der Waals surface area contributed by atoms with Crippen molar-refractivity contribution >= 4 is 0 Å². The lowest BCUT2D eigenvalue weighted by atomic mass is 10.1. The Bertz CT molecular complexity index is 201. The zero-order chi connectivity index (χ0) is 11.4. The van der Waals surface area contributed by atoms with Crippen molar-refractivity contribution in [2.24, 2.45) is 0 Å². The third-order valence-corrected chi connectivity index (χ3v) is 2.24. The second-order valence-corrected chi connectivity index (χ2v) is 3.78. The molecular weight excluding hydrogens is 184 g/mol. The summed E-state index contributed by atoms with van der Waals surface area (Å²) >= 11 is 0. The molecule has 0 radical (unpaired) electrons. The standard InChI is InChI=1S/C14H24O/c1-3-4-5-6-7-8-9-10-11-12-13-14(2)15/h3-4,7-8,15H,2,5-6,9-13H2,1H3. The van der Waals surface area contributed by atoms with Crippen LogP contribution in [-0.2, 0) is 0 Å². The predicted octanol–water partition coefficient (Wildman–Crippen LogP) is 4.92. The molecule has 0 aromatic heterocycles. The Hall–Kier alpha value is -0.980. The van der Waals surface area contributed by atoms with E-state index in [2.05, 4.69) is 37.8 Å². The molecule has 0 spiro atoms. The first-order valence-corrected chi connectivity index (χ1v) is 5.90. The minimum absolute atomic E-state index is 0.317. The van der Waals surface area contributed by atoms with Gasteiger partial charge < -0.3 is 5.11 Å². The van der Waals surface area contributed by atoms with Gasteiger partial charge in [0, 0.05) is 6.42 Å². The van der Waals surface area contributed by atoms with Gasteiger partial charge in [-0.05, 0) is 39.0 Å².